The minimum atomic E-state index is -1.10. The lowest BCUT2D eigenvalue weighted by Crippen LogP contribution is -2.43. The summed E-state index contributed by atoms with van der Waals surface area (Å²) in [5.74, 6) is -0.666. The monoisotopic (exact) mass is 405 g/mol. The summed E-state index contributed by atoms with van der Waals surface area (Å²) in [5, 5.41) is 9.54. The van der Waals surface area contributed by atoms with Crippen molar-refractivity contribution in [2.45, 2.75) is 19.1 Å². The SMILES string of the molecule is COc1ccc(Br)c2c1N(C(=O)OCc1ccccc1)[C@H](C(=O)O)C2. The summed E-state index contributed by atoms with van der Waals surface area (Å²) in [4.78, 5) is 25.5. The zero-order valence-corrected chi connectivity index (χ0v) is 15.0. The Hall–Kier alpha value is -2.54. The van der Waals surface area contributed by atoms with Crippen LogP contribution in [0.25, 0.3) is 0 Å². The van der Waals surface area contributed by atoms with Crippen LogP contribution < -0.4 is 9.64 Å². The predicted octanol–water partition coefficient (Wildman–Crippen LogP) is 3.61. The van der Waals surface area contributed by atoms with E-state index in [4.69, 9.17) is 9.47 Å². The molecule has 0 aliphatic carbocycles. The fourth-order valence-corrected chi connectivity index (χ4v) is 3.34. The minimum absolute atomic E-state index is 0.0637. The molecule has 6 nitrogen and oxygen atoms in total. The maximum Gasteiger partial charge on any atom is 0.415 e. The van der Waals surface area contributed by atoms with E-state index in [2.05, 4.69) is 15.9 Å². The van der Waals surface area contributed by atoms with Gasteiger partial charge in [-0.15, -0.1) is 0 Å². The van der Waals surface area contributed by atoms with E-state index < -0.39 is 18.1 Å². The topological polar surface area (TPSA) is 76.1 Å². The zero-order chi connectivity index (χ0) is 18.0. The van der Waals surface area contributed by atoms with Gasteiger partial charge in [-0.05, 0) is 23.3 Å². The van der Waals surface area contributed by atoms with Crippen molar-refractivity contribution in [1.29, 1.82) is 0 Å². The molecule has 1 N–H and O–H groups in total. The number of carboxylic acids is 1. The lowest BCUT2D eigenvalue weighted by molar-refractivity contribution is -0.138. The molecule has 0 saturated carbocycles. The summed E-state index contributed by atoms with van der Waals surface area (Å²) < 4.78 is 11.4. The Morgan fingerprint density at radius 3 is 2.60 bits per heavy atom. The van der Waals surface area contributed by atoms with E-state index in [1.54, 1.807) is 12.1 Å². The Labute approximate surface area is 153 Å². The minimum Gasteiger partial charge on any atom is -0.495 e. The third-order valence-corrected chi connectivity index (χ3v) is 4.79. The van der Waals surface area contributed by atoms with Crippen LogP contribution in [0, 0.1) is 0 Å². The molecule has 3 rings (SSSR count). The standard InChI is InChI=1S/C18H16BrNO5/c1-24-15-8-7-13(19)12-9-14(17(21)22)20(16(12)15)18(23)25-10-11-5-3-2-4-6-11/h2-8,14H,9-10H2,1H3,(H,21,22)/t14-/m0/s1. The number of anilines is 1. The number of ether oxygens (including phenoxy) is 2. The number of carbonyl (C=O) groups is 2. The van der Waals surface area contributed by atoms with E-state index >= 15 is 0 Å². The molecule has 1 amide bonds. The van der Waals surface area contributed by atoms with Crippen molar-refractivity contribution in [3.63, 3.8) is 0 Å². The second kappa shape index (κ2) is 7.14. The lowest BCUT2D eigenvalue weighted by Gasteiger charge is -2.23. The van der Waals surface area contributed by atoms with Crippen LogP contribution in [-0.4, -0.2) is 30.3 Å². The Morgan fingerprint density at radius 1 is 1.24 bits per heavy atom. The summed E-state index contributed by atoms with van der Waals surface area (Å²) >= 11 is 3.41. The second-order valence-electron chi connectivity index (χ2n) is 5.55. The average Bonchev–Trinajstić information content (AvgIpc) is 3.03. The Balaban J connectivity index is 1.91. The van der Waals surface area contributed by atoms with E-state index in [9.17, 15) is 14.7 Å². The summed E-state index contributed by atoms with van der Waals surface area (Å²) in [6.45, 7) is 0.0637. The molecule has 1 atom stereocenters. The molecule has 25 heavy (non-hydrogen) atoms. The van der Waals surface area contributed by atoms with Gasteiger partial charge in [-0.25, -0.2) is 9.59 Å². The molecule has 7 heteroatoms. The highest BCUT2D eigenvalue weighted by Gasteiger charge is 2.42. The highest BCUT2D eigenvalue weighted by Crippen LogP contribution is 2.44. The summed E-state index contributed by atoms with van der Waals surface area (Å²) in [6, 6.07) is 11.6. The van der Waals surface area contributed by atoms with Crippen LogP contribution in [0.1, 0.15) is 11.1 Å². The molecule has 0 radical (unpaired) electrons. The fourth-order valence-electron chi connectivity index (χ4n) is 2.86. The first-order valence-electron chi connectivity index (χ1n) is 7.61. The quantitative estimate of drug-likeness (QED) is 0.840. The van der Waals surface area contributed by atoms with E-state index in [0.29, 0.717) is 17.0 Å². The van der Waals surface area contributed by atoms with Crippen LogP contribution in [0.3, 0.4) is 0 Å². The van der Waals surface area contributed by atoms with Crippen LogP contribution >= 0.6 is 15.9 Å². The Morgan fingerprint density at radius 2 is 1.96 bits per heavy atom. The molecule has 2 aromatic rings. The molecule has 0 unspecified atom stereocenters. The van der Waals surface area contributed by atoms with Crippen LogP contribution in [-0.2, 0) is 22.6 Å². The Bertz CT molecular complexity index is 809. The van der Waals surface area contributed by atoms with Crippen molar-refractivity contribution >= 4 is 33.7 Å². The van der Waals surface area contributed by atoms with Crippen molar-refractivity contribution in [1.82, 2.24) is 0 Å². The molecule has 1 aliphatic heterocycles. The van der Waals surface area contributed by atoms with Gasteiger partial charge in [-0.3, -0.25) is 4.90 Å². The molecular weight excluding hydrogens is 390 g/mol. The van der Waals surface area contributed by atoms with Gasteiger partial charge in [-0.1, -0.05) is 46.3 Å². The normalized spacial score (nSPS) is 15.6. The van der Waals surface area contributed by atoms with Gasteiger partial charge in [-0.2, -0.15) is 0 Å². The van der Waals surface area contributed by atoms with Gasteiger partial charge in [0.15, 0.2) is 0 Å². The van der Waals surface area contributed by atoms with E-state index in [1.165, 1.54) is 7.11 Å². The summed E-state index contributed by atoms with van der Waals surface area (Å²) in [5.41, 5.74) is 1.97. The van der Waals surface area contributed by atoms with Gasteiger partial charge in [0.1, 0.15) is 18.4 Å². The molecule has 0 aromatic heterocycles. The number of aliphatic carboxylic acids is 1. The van der Waals surface area contributed by atoms with E-state index in [0.717, 1.165) is 14.9 Å². The van der Waals surface area contributed by atoms with Gasteiger partial charge in [0.2, 0.25) is 0 Å². The number of amides is 1. The Kier molecular flexibility index (Phi) is 4.94. The average molecular weight is 406 g/mol. The first-order chi connectivity index (χ1) is 12.0. The number of hydrogen-bond donors (Lipinski definition) is 1. The number of hydrogen-bond acceptors (Lipinski definition) is 4. The lowest BCUT2D eigenvalue weighted by atomic mass is 10.1. The number of nitrogens with zero attached hydrogens (tertiary/aromatic N) is 1. The smallest absolute Gasteiger partial charge is 0.415 e. The van der Waals surface area contributed by atoms with Crippen LogP contribution in [0.2, 0.25) is 0 Å². The number of benzene rings is 2. The molecule has 0 saturated heterocycles. The molecule has 0 spiro atoms. The maximum absolute atomic E-state index is 12.6. The summed E-state index contributed by atoms with van der Waals surface area (Å²) in [6.07, 6.45) is -0.533. The van der Waals surface area contributed by atoms with Gasteiger partial charge in [0, 0.05) is 10.9 Å². The predicted molar refractivity (Wildman–Crippen MR) is 94.9 cm³/mol. The van der Waals surface area contributed by atoms with Crippen LogP contribution in [0.15, 0.2) is 46.9 Å². The van der Waals surface area contributed by atoms with Crippen LogP contribution in [0.5, 0.6) is 5.75 Å². The largest absolute Gasteiger partial charge is 0.495 e. The fraction of sp³-hybridized carbons (Fsp3) is 0.222. The number of fused-ring (bicyclic) bond motifs is 1. The van der Waals surface area contributed by atoms with Crippen LogP contribution in [0.4, 0.5) is 10.5 Å². The van der Waals surface area contributed by atoms with E-state index in [-0.39, 0.29) is 13.0 Å². The highest BCUT2D eigenvalue weighted by atomic mass is 79.9. The number of carbonyl (C=O) groups excluding carboxylic acids is 1. The number of rotatable bonds is 4. The van der Waals surface area contributed by atoms with Gasteiger partial charge < -0.3 is 14.6 Å². The van der Waals surface area contributed by atoms with Crippen molar-refractivity contribution in [3.8, 4) is 5.75 Å². The first kappa shape index (κ1) is 17.3. The maximum atomic E-state index is 12.6. The third kappa shape index (κ3) is 3.32. The van der Waals surface area contributed by atoms with Gasteiger partial charge >= 0.3 is 12.1 Å². The first-order valence-corrected chi connectivity index (χ1v) is 8.40. The zero-order valence-electron chi connectivity index (χ0n) is 13.4. The highest BCUT2D eigenvalue weighted by molar-refractivity contribution is 9.10. The van der Waals surface area contributed by atoms with Crippen molar-refractivity contribution in [3.05, 3.63) is 58.1 Å². The van der Waals surface area contributed by atoms with Crippen molar-refractivity contribution in [2.75, 3.05) is 12.0 Å². The second-order valence-corrected chi connectivity index (χ2v) is 6.40. The molecule has 0 fully saturated rings. The summed E-state index contributed by atoms with van der Waals surface area (Å²) in [7, 11) is 1.48. The number of methoxy groups -OCH3 is 1. The molecule has 1 aliphatic rings. The molecule has 130 valence electrons. The third-order valence-electron chi connectivity index (χ3n) is 4.05. The van der Waals surface area contributed by atoms with Crippen molar-refractivity contribution in [2.24, 2.45) is 0 Å². The molecule has 2 aromatic carbocycles. The number of carboxylic acid groups (broad SMARTS) is 1. The molecular formula is C18H16BrNO5. The number of halogens is 1. The van der Waals surface area contributed by atoms with E-state index in [1.807, 2.05) is 30.3 Å². The van der Waals surface area contributed by atoms with Crippen molar-refractivity contribution < 1.29 is 24.2 Å². The van der Waals surface area contributed by atoms with Gasteiger partial charge in [0.05, 0.1) is 12.8 Å². The molecule has 1 heterocycles. The molecule has 0 bridgehead atoms. The van der Waals surface area contributed by atoms with Gasteiger partial charge in [0.25, 0.3) is 0 Å².